The van der Waals surface area contributed by atoms with Crippen molar-refractivity contribution in [3.63, 3.8) is 0 Å². The van der Waals surface area contributed by atoms with Crippen molar-refractivity contribution in [2.75, 3.05) is 12.9 Å². The lowest BCUT2D eigenvalue weighted by atomic mass is 10.3. The van der Waals surface area contributed by atoms with Crippen molar-refractivity contribution in [3.05, 3.63) is 78.6 Å². The fourth-order valence-corrected chi connectivity index (χ4v) is 3.04. The summed E-state index contributed by atoms with van der Waals surface area (Å²) in [6.45, 7) is 0. The second-order valence-electron chi connectivity index (χ2n) is 5.40. The molecule has 0 aliphatic carbocycles. The van der Waals surface area contributed by atoms with Gasteiger partial charge in [0.25, 0.3) is 0 Å². The zero-order valence-corrected chi connectivity index (χ0v) is 15.1. The Labute approximate surface area is 156 Å². The SMILES string of the molecule is COc1ccc(SCC(=O)N/N=C/c2cccn2-c2ccccc2)cc1. The number of para-hydroxylation sites is 1. The van der Waals surface area contributed by atoms with Gasteiger partial charge in [-0.25, -0.2) is 5.43 Å². The Morgan fingerprint density at radius 3 is 2.62 bits per heavy atom. The lowest BCUT2D eigenvalue weighted by Crippen LogP contribution is -2.19. The van der Waals surface area contributed by atoms with E-state index < -0.39 is 0 Å². The molecule has 26 heavy (non-hydrogen) atoms. The van der Waals surface area contributed by atoms with E-state index in [1.165, 1.54) is 11.8 Å². The smallest absolute Gasteiger partial charge is 0.250 e. The summed E-state index contributed by atoms with van der Waals surface area (Å²) in [7, 11) is 1.63. The van der Waals surface area contributed by atoms with Gasteiger partial charge in [0.2, 0.25) is 5.91 Å². The standard InChI is InChI=1S/C20H19N3O2S/c1-25-18-9-11-19(12-10-18)26-15-20(24)22-21-14-17-8-5-13-23(17)16-6-3-2-4-7-16/h2-14H,15H2,1H3,(H,22,24)/b21-14+. The summed E-state index contributed by atoms with van der Waals surface area (Å²) in [5, 5.41) is 4.06. The molecule has 0 saturated heterocycles. The number of nitrogens with one attached hydrogen (secondary N) is 1. The molecule has 6 heteroatoms. The van der Waals surface area contributed by atoms with E-state index >= 15 is 0 Å². The molecule has 0 atom stereocenters. The Morgan fingerprint density at radius 1 is 1.12 bits per heavy atom. The van der Waals surface area contributed by atoms with Crippen molar-refractivity contribution in [2.45, 2.75) is 4.90 Å². The van der Waals surface area contributed by atoms with Gasteiger partial charge in [-0.3, -0.25) is 4.79 Å². The molecule has 0 fully saturated rings. The first-order chi connectivity index (χ1) is 12.8. The number of hydrazone groups is 1. The number of hydrogen-bond acceptors (Lipinski definition) is 4. The minimum atomic E-state index is -0.153. The average molecular weight is 365 g/mol. The van der Waals surface area contributed by atoms with Gasteiger partial charge < -0.3 is 9.30 Å². The van der Waals surface area contributed by atoms with E-state index in [1.807, 2.05) is 77.5 Å². The monoisotopic (exact) mass is 365 g/mol. The van der Waals surface area contributed by atoms with Crippen LogP contribution in [0.1, 0.15) is 5.69 Å². The number of ether oxygens (including phenoxy) is 1. The zero-order valence-electron chi connectivity index (χ0n) is 14.3. The van der Waals surface area contributed by atoms with Gasteiger partial charge in [-0.1, -0.05) is 18.2 Å². The number of methoxy groups -OCH3 is 1. The molecule has 0 aliphatic heterocycles. The molecular formula is C20H19N3O2S. The van der Waals surface area contributed by atoms with Crippen LogP contribution in [0.4, 0.5) is 0 Å². The molecule has 3 rings (SSSR count). The molecule has 0 saturated carbocycles. The highest BCUT2D eigenvalue weighted by molar-refractivity contribution is 8.00. The first-order valence-corrected chi connectivity index (χ1v) is 9.06. The number of thioether (sulfide) groups is 1. The van der Waals surface area contributed by atoms with Crippen LogP contribution in [0.15, 0.2) is 82.9 Å². The first-order valence-electron chi connectivity index (χ1n) is 8.08. The van der Waals surface area contributed by atoms with E-state index in [0.29, 0.717) is 5.75 Å². The summed E-state index contributed by atoms with van der Waals surface area (Å²) < 4.78 is 7.12. The molecule has 1 heterocycles. The van der Waals surface area contributed by atoms with Crippen molar-refractivity contribution in [1.29, 1.82) is 0 Å². The zero-order chi connectivity index (χ0) is 18.2. The fourth-order valence-electron chi connectivity index (χ4n) is 2.35. The largest absolute Gasteiger partial charge is 0.497 e. The summed E-state index contributed by atoms with van der Waals surface area (Å²) in [5.74, 6) is 0.938. The predicted molar refractivity (Wildman–Crippen MR) is 105 cm³/mol. The molecule has 0 spiro atoms. The lowest BCUT2D eigenvalue weighted by molar-refractivity contribution is -0.118. The van der Waals surface area contributed by atoms with E-state index in [2.05, 4.69) is 10.5 Å². The summed E-state index contributed by atoms with van der Waals surface area (Å²) in [6, 6.07) is 21.4. The van der Waals surface area contributed by atoms with Crippen LogP contribution in [0.3, 0.4) is 0 Å². The normalized spacial score (nSPS) is 10.8. The van der Waals surface area contributed by atoms with Crippen LogP contribution in [0.2, 0.25) is 0 Å². The van der Waals surface area contributed by atoms with E-state index in [1.54, 1.807) is 13.3 Å². The third-order valence-electron chi connectivity index (χ3n) is 3.63. The van der Waals surface area contributed by atoms with Crippen LogP contribution in [0.5, 0.6) is 5.75 Å². The number of carbonyl (C=O) groups is 1. The van der Waals surface area contributed by atoms with Gasteiger partial charge in [0.15, 0.2) is 0 Å². The summed E-state index contributed by atoms with van der Waals surface area (Å²) in [4.78, 5) is 12.9. The van der Waals surface area contributed by atoms with Crippen LogP contribution >= 0.6 is 11.8 Å². The molecule has 1 aromatic heterocycles. The van der Waals surface area contributed by atoms with Gasteiger partial charge in [-0.05, 0) is 48.5 Å². The Kier molecular flexibility index (Phi) is 6.11. The number of carbonyl (C=O) groups excluding carboxylic acids is 1. The van der Waals surface area contributed by atoms with Crippen LogP contribution in [0.25, 0.3) is 5.69 Å². The molecule has 0 bridgehead atoms. The van der Waals surface area contributed by atoms with Gasteiger partial charge in [0.1, 0.15) is 5.75 Å². The molecule has 1 amide bonds. The topological polar surface area (TPSA) is 55.6 Å². The quantitative estimate of drug-likeness (QED) is 0.394. The van der Waals surface area contributed by atoms with Crippen LogP contribution < -0.4 is 10.2 Å². The lowest BCUT2D eigenvalue weighted by Gasteiger charge is -2.05. The van der Waals surface area contributed by atoms with Gasteiger partial charge in [-0.2, -0.15) is 5.10 Å². The van der Waals surface area contributed by atoms with Crippen molar-refractivity contribution in [3.8, 4) is 11.4 Å². The third kappa shape index (κ3) is 4.77. The number of amides is 1. The maximum atomic E-state index is 11.9. The van der Waals surface area contributed by atoms with E-state index in [4.69, 9.17) is 4.74 Å². The summed E-state index contributed by atoms with van der Waals surface area (Å²) in [6.07, 6.45) is 3.60. The Balaban J connectivity index is 1.52. The fraction of sp³-hybridized carbons (Fsp3) is 0.100. The minimum Gasteiger partial charge on any atom is -0.497 e. The van der Waals surface area contributed by atoms with Crippen molar-refractivity contribution in [2.24, 2.45) is 5.10 Å². The van der Waals surface area contributed by atoms with Crippen LogP contribution in [0, 0.1) is 0 Å². The van der Waals surface area contributed by atoms with E-state index in [0.717, 1.165) is 22.0 Å². The molecule has 0 aliphatic rings. The molecule has 132 valence electrons. The van der Waals surface area contributed by atoms with Gasteiger partial charge in [0.05, 0.1) is 24.8 Å². The molecule has 3 aromatic rings. The molecular weight excluding hydrogens is 346 g/mol. The van der Waals surface area contributed by atoms with Crippen molar-refractivity contribution in [1.82, 2.24) is 9.99 Å². The maximum Gasteiger partial charge on any atom is 0.250 e. The minimum absolute atomic E-state index is 0.153. The second kappa shape index (κ2) is 8.92. The predicted octanol–water partition coefficient (Wildman–Crippen LogP) is 3.73. The highest BCUT2D eigenvalue weighted by Gasteiger charge is 2.03. The molecule has 0 unspecified atom stereocenters. The molecule has 2 aromatic carbocycles. The highest BCUT2D eigenvalue weighted by Crippen LogP contribution is 2.20. The third-order valence-corrected chi connectivity index (χ3v) is 4.64. The van der Waals surface area contributed by atoms with Crippen LogP contribution in [-0.4, -0.2) is 29.6 Å². The summed E-state index contributed by atoms with van der Waals surface area (Å²) in [5.41, 5.74) is 4.49. The van der Waals surface area contributed by atoms with Gasteiger partial charge in [-0.15, -0.1) is 11.8 Å². The van der Waals surface area contributed by atoms with Crippen LogP contribution in [-0.2, 0) is 4.79 Å². The second-order valence-corrected chi connectivity index (χ2v) is 6.44. The Morgan fingerprint density at radius 2 is 1.88 bits per heavy atom. The van der Waals surface area contributed by atoms with Gasteiger partial charge >= 0.3 is 0 Å². The first kappa shape index (κ1) is 17.8. The maximum absolute atomic E-state index is 11.9. The van der Waals surface area contributed by atoms with Crippen molar-refractivity contribution >= 4 is 23.9 Å². The Bertz CT molecular complexity index is 874. The number of rotatable bonds is 7. The number of nitrogens with zero attached hydrogens (tertiary/aromatic N) is 2. The molecule has 5 nitrogen and oxygen atoms in total. The number of benzene rings is 2. The van der Waals surface area contributed by atoms with E-state index in [9.17, 15) is 4.79 Å². The van der Waals surface area contributed by atoms with Crippen molar-refractivity contribution < 1.29 is 9.53 Å². The molecule has 1 N–H and O–H groups in total. The van der Waals surface area contributed by atoms with E-state index in [-0.39, 0.29) is 5.91 Å². The highest BCUT2D eigenvalue weighted by atomic mass is 32.2. The van der Waals surface area contributed by atoms with Gasteiger partial charge in [0, 0.05) is 16.8 Å². The molecule has 0 radical (unpaired) electrons. The Hall–Kier alpha value is -2.99. The summed E-state index contributed by atoms with van der Waals surface area (Å²) >= 11 is 1.45. The number of aromatic nitrogens is 1. The average Bonchev–Trinajstić information content (AvgIpc) is 3.16. The number of hydrogen-bond donors (Lipinski definition) is 1.